The quantitative estimate of drug-likeness (QED) is 0.838. The Morgan fingerprint density at radius 3 is 2.33 bits per heavy atom. The fraction of sp³-hybridized carbons (Fsp3) is 0.0833. The molecular weight excluding hydrogens is 234 g/mol. The van der Waals surface area contributed by atoms with Gasteiger partial charge in [-0.1, -0.05) is 12.1 Å². The van der Waals surface area contributed by atoms with E-state index in [0.29, 0.717) is 11.3 Å². The summed E-state index contributed by atoms with van der Waals surface area (Å²) in [6.45, 7) is 0. The minimum absolute atomic E-state index is 0.0218. The van der Waals surface area contributed by atoms with Gasteiger partial charge in [0, 0.05) is 12.6 Å². The molecule has 1 heterocycles. The van der Waals surface area contributed by atoms with E-state index in [1.54, 1.807) is 31.3 Å². The van der Waals surface area contributed by atoms with Crippen LogP contribution in [0.25, 0.3) is 11.3 Å². The van der Waals surface area contributed by atoms with Crippen molar-refractivity contribution in [1.82, 2.24) is 9.78 Å². The monoisotopic (exact) mass is 245 g/mol. The van der Waals surface area contributed by atoms with E-state index in [1.807, 2.05) is 0 Å². The summed E-state index contributed by atoms with van der Waals surface area (Å²) in [6.07, 6.45) is 0. The zero-order valence-electron chi connectivity index (χ0n) is 9.62. The second-order valence-corrected chi connectivity index (χ2v) is 3.79. The Hall–Kier alpha value is -2.63. The van der Waals surface area contributed by atoms with Crippen LogP contribution < -0.4 is 5.73 Å². The standard InChI is InChI=1S/C12H11N3O3/c1-15-10(6-9(14-15)12(17)18)7-2-4-8(5-3-7)11(13)16/h2-6H,1H3,(H2,13,16)(H,17,18). The highest BCUT2D eigenvalue weighted by molar-refractivity contribution is 5.93. The molecule has 6 heteroatoms. The van der Waals surface area contributed by atoms with Gasteiger partial charge in [0.1, 0.15) is 0 Å². The normalized spacial score (nSPS) is 10.3. The SMILES string of the molecule is Cn1nc(C(=O)O)cc1-c1ccc(C(N)=O)cc1. The molecule has 3 N–H and O–H groups in total. The number of primary amides is 1. The molecule has 6 nitrogen and oxygen atoms in total. The van der Waals surface area contributed by atoms with E-state index in [4.69, 9.17) is 10.8 Å². The van der Waals surface area contributed by atoms with Crippen molar-refractivity contribution in [1.29, 1.82) is 0 Å². The average Bonchev–Trinajstić information content (AvgIpc) is 2.71. The first-order valence-electron chi connectivity index (χ1n) is 5.16. The summed E-state index contributed by atoms with van der Waals surface area (Å²) in [4.78, 5) is 21.7. The van der Waals surface area contributed by atoms with Crippen molar-refractivity contribution in [2.75, 3.05) is 0 Å². The van der Waals surface area contributed by atoms with Crippen LogP contribution in [0.2, 0.25) is 0 Å². The van der Waals surface area contributed by atoms with Gasteiger partial charge >= 0.3 is 5.97 Å². The third-order valence-corrected chi connectivity index (χ3v) is 2.56. The van der Waals surface area contributed by atoms with Crippen LogP contribution in [0.15, 0.2) is 30.3 Å². The van der Waals surface area contributed by atoms with Gasteiger partial charge < -0.3 is 10.8 Å². The van der Waals surface area contributed by atoms with E-state index in [0.717, 1.165) is 5.56 Å². The maximum atomic E-state index is 10.9. The number of carbonyl (C=O) groups is 2. The average molecular weight is 245 g/mol. The molecule has 18 heavy (non-hydrogen) atoms. The maximum Gasteiger partial charge on any atom is 0.356 e. The molecule has 1 aromatic heterocycles. The van der Waals surface area contributed by atoms with Crippen LogP contribution in [0.5, 0.6) is 0 Å². The first-order chi connectivity index (χ1) is 8.49. The predicted octanol–water partition coefficient (Wildman–Crippen LogP) is 0.884. The van der Waals surface area contributed by atoms with Crippen molar-refractivity contribution in [2.24, 2.45) is 12.8 Å². The van der Waals surface area contributed by atoms with Gasteiger partial charge in [0.15, 0.2) is 5.69 Å². The van der Waals surface area contributed by atoms with Gasteiger partial charge in [0.05, 0.1) is 5.69 Å². The Morgan fingerprint density at radius 2 is 1.89 bits per heavy atom. The van der Waals surface area contributed by atoms with E-state index >= 15 is 0 Å². The lowest BCUT2D eigenvalue weighted by molar-refractivity contribution is 0.0689. The number of benzene rings is 1. The number of hydrogen-bond donors (Lipinski definition) is 2. The Morgan fingerprint density at radius 1 is 1.28 bits per heavy atom. The highest BCUT2D eigenvalue weighted by atomic mass is 16.4. The number of carboxylic acid groups (broad SMARTS) is 1. The molecular formula is C12H11N3O3. The third-order valence-electron chi connectivity index (χ3n) is 2.56. The van der Waals surface area contributed by atoms with Crippen LogP contribution in [-0.4, -0.2) is 26.8 Å². The zero-order chi connectivity index (χ0) is 13.3. The van der Waals surface area contributed by atoms with Crippen LogP contribution in [0.1, 0.15) is 20.8 Å². The van der Waals surface area contributed by atoms with Crippen LogP contribution in [0.3, 0.4) is 0 Å². The number of aromatic nitrogens is 2. The lowest BCUT2D eigenvalue weighted by Crippen LogP contribution is -2.10. The van der Waals surface area contributed by atoms with Crippen molar-refractivity contribution < 1.29 is 14.7 Å². The van der Waals surface area contributed by atoms with E-state index < -0.39 is 11.9 Å². The van der Waals surface area contributed by atoms with Gasteiger partial charge in [0.2, 0.25) is 5.91 Å². The molecule has 0 saturated heterocycles. The van der Waals surface area contributed by atoms with Crippen LogP contribution in [0, 0.1) is 0 Å². The molecule has 1 amide bonds. The number of aryl methyl sites for hydroxylation is 1. The second-order valence-electron chi connectivity index (χ2n) is 3.79. The van der Waals surface area contributed by atoms with Crippen molar-refractivity contribution in [3.8, 4) is 11.3 Å². The number of aromatic carboxylic acids is 1. The Kier molecular flexibility index (Phi) is 2.85. The minimum atomic E-state index is -1.08. The number of rotatable bonds is 3. The second kappa shape index (κ2) is 4.33. The lowest BCUT2D eigenvalue weighted by atomic mass is 10.1. The number of nitrogens with two attached hydrogens (primary N) is 1. The van der Waals surface area contributed by atoms with Crippen LogP contribution >= 0.6 is 0 Å². The largest absolute Gasteiger partial charge is 0.476 e. The first kappa shape index (κ1) is 11.8. The fourth-order valence-corrected chi connectivity index (χ4v) is 1.65. The number of carbonyl (C=O) groups excluding carboxylic acids is 1. The van der Waals surface area contributed by atoms with Crippen molar-refractivity contribution in [3.63, 3.8) is 0 Å². The predicted molar refractivity (Wildman–Crippen MR) is 64.1 cm³/mol. The minimum Gasteiger partial charge on any atom is -0.476 e. The van der Waals surface area contributed by atoms with Gasteiger partial charge in [-0.3, -0.25) is 9.48 Å². The maximum absolute atomic E-state index is 10.9. The summed E-state index contributed by atoms with van der Waals surface area (Å²) in [5.74, 6) is -1.58. The highest BCUT2D eigenvalue weighted by Gasteiger charge is 2.12. The Bertz CT molecular complexity index is 614. The number of nitrogens with zero attached hydrogens (tertiary/aromatic N) is 2. The molecule has 0 aliphatic rings. The molecule has 0 bridgehead atoms. The first-order valence-corrected chi connectivity index (χ1v) is 5.16. The van der Waals surface area contributed by atoms with Gasteiger partial charge in [-0.05, 0) is 23.8 Å². The van der Waals surface area contributed by atoms with E-state index in [2.05, 4.69) is 5.10 Å². The molecule has 2 aromatic rings. The van der Waals surface area contributed by atoms with E-state index in [9.17, 15) is 9.59 Å². The molecule has 0 saturated carbocycles. The van der Waals surface area contributed by atoms with Gasteiger partial charge in [-0.25, -0.2) is 4.79 Å². The molecule has 0 spiro atoms. The van der Waals surface area contributed by atoms with Crippen LogP contribution in [-0.2, 0) is 7.05 Å². The number of amides is 1. The molecule has 0 radical (unpaired) electrons. The third kappa shape index (κ3) is 2.08. The molecule has 2 rings (SSSR count). The molecule has 0 aliphatic carbocycles. The molecule has 0 atom stereocenters. The molecule has 0 fully saturated rings. The topological polar surface area (TPSA) is 98.2 Å². The molecule has 1 aromatic carbocycles. The molecule has 92 valence electrons. The molecule has 0 unspecified atom stereocenters. The summed E-state index contributed by atoms with van der Waals surface area (Å²) < 4.78 is 1.47. The summed E-state index contributed by atoms with van der Waals surface area (Å²) in [6, 6.07) is 8.04. The van der Waals surface area contributed by atoms with E-state index in [-0.39, 0.29) is 5.69 Å². The van der Waals surface area contributed by atoms with Gasteiger partial charge in [0.25, 0.3) is 0 Å². The zero-order valence-corrected chi connectivity index (χ0v) is 9.62. The lowest BCUT2D eigenvalue weighted by Gasteiger charge is -2.02. The summed E-state index contributed by atoms with van der Waals surface area (Å²) in [5, 5.41) is 12.7. The van der Waals surface area contributed by atoms with Crippen LogP contribution in [0.4, 0.5) is 0 Å². The summed E-state index contributed by atoms with van der Waals surface area (Å²) >= 11 is 0. The van der Waals surface area contributed by atoms with Crippen molar-refractivity contribution >= 4 is 11.9 Å². The van der Waals surface area contributed by atoms with Gasteiger partial charge in [-0.15, -0.1) is 0 Å². The van der Waals surface area contributed by atoms with Crippen molar-refractivity contribution in [2.45, 2.75) is 0 Å². The summed E-state index contributed by atoms with van der Waals surface area (Å²) in [7, 11) is 1.66. The molecule has 0 aliphatic heterocycles. The Balaban J connectivity index is 2.42. The van der Waals surface area contributed by atoms with Gasteiger partial charge in [-0.2, -0.15) is 5.10 Å². The number of carboxylic acids is 1. The Labute approximate surface area is 103 Å². The highest BCUT2D eigenvalue weighted by Crippen LogP contribution is 2.20. The fourth-order valence-electron chi connectivity index (χ4n) is 1.65. The number of hydrogen-bond acceptors (Lipinski definition) is 3. The smallest absolute Gasteiger partial charge is 0.356 e. The van der Waals surface area contributed by atoms with E-state index in [1.165, 1.54) is 10.7 Å². The van der Waals surface area contributed by atoms with Crippen molar-refractivity contribution in [3.05, 3.63) is 41.6 Å². The summed E-state index contributed by atoms with van der Waals surface area (Å²) in [5.41, 5.74) is 6.94.